The van der Waals surface area contributed by atoms with Gasteiger partial charge in [-0.05, 0) is 6.08 Å². The molecule has 0 heterocycles. The van der Waals surface area contributed by atoms with E-state index in [-0.39, 0.29) is 0 Å². The third kappa shape index (κ3) is 3.66. The second kappa shape index (κ2) is 4.96. The van der Waals surface area contributed by atoms with Crippen molar-refractivity contribution in [3.63, 3.8) is 0 Å². The van der Waals surface area contributed by atoms with Crippen molar-refractivity contribution >= 4 is 34.8 Å². The van der Waals surface area contributed by atoms with Crippen molar-refractivity contribution in [2.24, 2.45) is 0 Å². The maximum Gasteiger partial charge on any atom is 0.100 e. The average Bonchev–Trinajstić information content (AvgIpc) is 1.87. The van der Waals surface area contributed by atoms with E-state index in [4.69, 9.17) is 34.8 Å². The maximum atomic E-state index is 5.54. The van der Waals surface area contributed by atoms with Crippen molar-refractivity contribution < 1.29 is 0 Å². The molecule has 0 bridgehead atoms. The summed E-state index contributed by atoms with van der Waals surface area (Å²) in [7, 11) is 0. The molecular formula is C6H5Cl3. The van der Waals surface area contributed by atoms with Crippen LogP contribution < -0.4 is 0 Å². The quantitative estimate of drug-likeness (QED) is 0.350. The lowest BCUT2D eigenvalue weighted by Gasteiger charge is -1.87. The van der Waals surface area contributed by atoms with Crippen LogP contribution in [0.4, 0.5) is 0 Å². The number of rotatable bonds is 2. The molecule has 0 amide bonds. The van der Waals surface area contributed by atoms with E-state index in [0.717, 1.165) is 0 Å². The van der Waals surface area contributed by atoms with E-state index in [1.807, 2.05) is 0 Å². The predicted molar refractivity (Wildman–Crippen MR) is 43.2 cm³/mol. The van der Waals surface area contributed by atoms with Gasteiger partial charge < -0.3 is 0 Å². The molecule has 0 aromatic heterocycles. The third-order valence-electron chi connectivity index (χ3n) is 0.621. The van der Waals surface area contributed by atoms with E-state index in [9.17, 15) is 0 Å². The Kier molecular flexibility index (Phi) is 5.03. The lowest BCUT2D eigenvalue weighted by atomic mass is 10.5. The third-order valence-corrected chi connectivity index (χ3v) is 1.55. The molecule has 0 saturated heterocycles. The Morgan fingerprint density at radius 1 is 1.56 bits per heavy atom. The lowest BCUT2D eigenvalue weighted by molar-refractivity contribution is 1.68. The molecule has 0 aliphatic heterocycles. The van der Waals surface area contributed by atoms with Crippen LogP contribution in [0, 0.1) is 0 Å². The Bertz CT molecular complexity index is 163. The van der Waals surface area contributed by atoms with Gasteiger partial charge in [0.05, 0.1) is 5.03 Å². The molecule has 0 aliphatic carbocycles. The van der Waals surface area contributed by atoms with E-state index in [1.54, 1.807) is 6.08 Å². The summed E-state index contributed by atoms with van der Waals surface area (Å²) >= 11 is 16.3. The van der Waals surface area contributed by atoms with Gasteiger partial charge >= 0.3 is 0 Å². The Hall–Kier alpha value is 0.130. The molecule has 0 radical (unpaired) electrons. The largest absolute Gasteiger partial charge is 0.122 e. The van der Waals surface area contributed by atoms with E-state index in [1.165, 1.54) is 0 Å². The van der Waals surface area contributed by atoms with Gasteiger partial charge in [0, 0.05) is 5.88 Å². The molecule has 0 N–H and O–H groups in total. The van der Waals surface area contributed by atoms with Gasteiger partial charge in [-0.25, -0.2) is 0 Å². The molecule has 0 aromatic rings. The van der Waals surface area contributed by atoms with Crippen LogP contribution in [0.15, 0.2) is 28.5 Å². The van der Waals surface area contributed by atoms with Crippen LogP contribution in [0.3, 0.4) is 0 Å². The monoisotopic (exact) mass is 182 g/mol. The Morgan fingerprint density at radius 3 is 2.44 bits per heavy atom. The molecule has 0 spiro atoms. The summed E-state index contributed by atoms with van der Waals surface area (Å²) in [5.74, 6) is 0.344. The van der Waals surface area contributed by atoms with Gasteiger partial charge in [0.1, 0.15) is 5.03 Å². The lowest BCUT2D eigenvalue weighted by Crippen LogP contribution is -1.70. The van der Waals surface area contributed by atoms with Crippen LogP contribution >= 0.6 is 34.8 Å². The number of hydrogen-bond acceptors (Lipinski definition) is 0. The normalized spacial score (nSPS) is 10.8. The van der Waals surface area contributed by atoms with Crippen molar-refractivity contribution in [2.45, 2.75) is 0 Å². The minimum absolute atomic E-state index is 0.303. The molecule has 0 nitrogen and oxygen atoms in total. The molecule has 0 rings (SSSR count). The van der Waals surface area contributed by atoms with Gasteiger partial charge in [-0.15, -0.1) is 17.3 Å². The summed E-state index contributed by atoms with van der Waals surface area (Å²) < 4.78 is 0. The standard InChI is InChI=1S/C6H5Cl3/c1-2-5(8)6(9)3-4-7/h3H,1,4H2/b6-3-. The first kappa shape index (κ1) is 9.13. The van der Waals surface area contributed by atoms with Crippen LogP contribution in [0.5, 0.6) is 0 Å². The fraction of sp³-hybridized carbons (Fsp3) is 0.167. The van der Waals surface area contributed by atoms with Crippen LogP contribution in [0.2, 0.25) is 0 Å². The van der Waals surface area contributed by atoms with E-state index >= 15 is 0 Å². The van der Waals surface area contributed by atoms with Crippen LogP contribution in [-0.2, 0) is 0 Å². The number of allylic oxidation sites excluding steroid dienone is 3. The minimum Gasteiger partial charge on any atom is -0.122 e. The summed E-state index contributed by atoms with van der Waals surface area (Å²) in [6, 6.07) is 0. The van der Waals surface area contributed by atoms with Gasteiger partial charge in [0.15, 0.2) is 0 Å². The van der Waals surface area contributed by atoms with Crippen molar-refractivity contribution in [3.05, 3.63) is 28.5 Å². The first-order chi connectivity index (χ1) is 4.22. The molecule has 0 saturated carbocycles. The van der Waals surface area contributed by atoms with Gasteiger partial charge in [-0.1, -0.05) is 29.8 Å². The molecule has 0 unspecified atom stereocenters. The topological polar surface area (TPSA) is 0 Å². The Labute approximate surface area is 69.4 Å². The van der Waals surface area contributed by atoms with Crippen LogP contribution in [-0.4, -0.2) is 5.88 Å². The number of hydrogen-bond donors (Lipinski definition) is 0. The molecule has 50 valence electrons. The second-order valence-electron chi connectivity index (χ2n) is 1.20. The van der Waals surface area contributed by atoms with E-state index in [2.05, 4.69) is 12.3 Å². The highest BCUT2D eigenvalue weighted by molar-refractivity contribution is 6.44. The summed E-state index contributed by atoms with van der Waals surface area (Å²) in [6.45, 7) is 3.30. The van der Waals surface area contributed by atoms with Crippen molar-refractivity contribution in [1.29, 1.82) is 0 Å². The molecular weight excluding hydrogens is 178 g/mol. The highest BCUT2D eigenvalue weighted by atomic mass is 35.5. The zero-order valence-corrected chi connectivity index (χ0v) is 6.89. The number of alkyl halides is 1. The second-order valence-corrected chi connectivity index (χ2v) is 2.29. The predicted octanol–water partition coefficient (Wildman–Crippen LogP) is 3.26. The summed E-state index contributed by atoms with van der Waals surface area (Å²) in [6.07, 6.45) is 1.57. The summed E-state index contributed by atoms with van der Waals surface area (Å²) in [5.41, 5.74) is 2.42. The highest BCUT2D eigenvalue weighted by Crippen LogP contribution is 2.16. The zero-order valence-electron chi connectivity index (χ0n) is 4.63. The van der Waals surface area contributed by atoms with Crippen LogP contribution in [0.1, 0.15) is 0 Å². The smallest absolute Gasteiger partial charge is 0.100 e. The number of halogens is 3. The SMILES string of the molecule is C=C=C(Cl)/C(Cl)=C/CCl. The van der Waals surface area contributed by atoms with E-state index in [0.29, 0.717) is 15.9 Å². The zero-order chi connectivity index (χ0) is 7.28. The molecule has 9 heavy (non-hydrogen) atoms. The molecule has 0 atom stereocenters. The Balaban J connectivity index is 4.20. The Morgan fingerprint density at radius 2 is 2.11 bits per heavy atom. The maximum absolute atomic E-state index is 5.54. The molecule has 3 heteroatoms. The fourth-order valence-corrected chi connectivity index (χ4v) is 0.696. The van der Waals surface area contributed by atoms with Gasteiger partial charge in [-0.3, -0.25) is 0 Å². The summed E-state index contributed by atoms with van der Waals surface area (Å²) in [5, 5.41) is 0.694. The molecule has 0 aromatic carbocycles. The summed E-state index contributed by atoms with van der Waals surface area (Å²) in [4.78, 5) is 0. The van der Waals surface area contributed by atoms with Crippen molar-refractivity contribution in [1.82, 2.24) is 0 Å². The van der Waals surface area contributed by atoms with E-state index < -0.39 is 0 Å². The van der Waals surface area contributed by atoms with Crippen molar-refractivity contribution in [2.75, 3.05) is 5.88 Å². The first-order valence-corrected chi connectivity index (χ1v) is 3.49. The van der Waals surface area contributed by atoms with Crippen molar-refractivity contribution in [3.8, 4) is 0 Å². The molecule has 0 aliphatic rings. The molecule has 0 fully saturated rings. The highest BCUT2D eigenvalue weighted by Gasteiger charge is 1.93. The van der Waals surface area contributed by atoms with Gasteiger partial charge in [0.25, 0.3) is 0 Å². The minimum atomic E-state index is 0.303. The average molecular weight is 183 g/mol. The fourth-order valence-electron chi connectivity index (χ4n) is 0.242. The van der Waals surface area contributed by atoms with Gasteiger partial charge in [-0.2, -0.15) is 0 Å². The first-order valence-electron chi connectivity index (χ1n) is 2.20. The van der Waals surface area contributed by atoms with Gasteiger partial charge in [0.2, 0.25) is 0 Å². The van der Waals surface area contributed by atoms with Crippen LogP contribution in [0.25, 0.3) is 0 Å².